The summed E-state index contributed by atoms with van der Waals surface area (Å²) in [7, 11) is 0. The van der Waals surface area contributed by atoms with Gasteiger partial charge in [0.05, 0.1) is 11.4 Å². The van der Waals surface area contributed by atoms with Gasteiger partial charge in [-0.3, -0.25) is 4.79 Å². The molecule has 0 saturated heterocycles. The van der Waals surface area contributed by atoms with Gasteiger partial charge in [0.1, 0.15) is 0 Å². The Morgan fingerprint density at radius 3 is 2.69 bits per heavy atom. The molecule has 3 nitrogen and oxygen atoms in total. The van der Waals surface area contributed by atoms with Crippen molar-refractivity contribution in [2.24, 2.45) is 0 Å². The number of rotatable bonds is 2. The van der Waals surface area contributed by atoms with Gasteiger partial charge in [0.2, 0.25) is 0 Å². The van der Waals surface area contributed by atoms with E-state index in [-0.39, 0.29) is 16.7 Å². The Morgan fingerprint density at radius 2 is 2.23 bits per heavy atom. The molecule has 0 bridgehead atoms. The first-order valence-electron chi connectivity index (χ1n) is 3.42. The van der Waals surface area contributed by atoms with E-state index in [1.165, 1.54) is 6.07 Å². The molecule has 0 amide bonds. The second-order valence-electron chi connectivity index (χ2n) is 2.43. The maximum absolute atomic E-state index is 12.3. The molecular weight excluding hydrogens is 246 g/mol. The first-order chi connectivity index (χ1) is 6.06. The number of alkyl halides is 3. The normalized spacial score (nSPS) is 10.8. The quantitative estimate of drug-likeness (QED) is 0.789. The molecule has 0 aliphatic carbocycles. The van der Waals surface area contributed by atoms with Gasteiger partial charge in [-0.15, -0.1) is 0 Å². The monoisotopic (exact) mass is 252 g/mol. The van der Waals surface area contributed by atoms with Crippen LogP contribution in [0.25, 0.3) is 0 Å². The van der Waals surface area contributed by atoms with E-state index >= 15 is 0 Å². The molecule has 0 aliphatic heterocycles. The largest absolute Gasteiger partial charge is 0.394 e. The summed E-state index contributed by atoms with van der Waals surface area (Å²) in [5, 5.41) is 0.230. The van der Waals surface area contributed by atoms with Crippen molar-refractivity contribution >= 4 is 21.6 Å². The van der Waals surface area contributed by atoms with E-state index in [0.717, 1.165) is 0 Å². The Morgan fingerprint density at radius 1 is 1.62 bits per heavy atom. The summed E-state index contributed by atoms with van der Waals surface area (Å²) in [6, 6.07) is 1.25. The molecule has 1 rings (SSSR count). The third-order valence-electron chi connectivity index (χ3n) is 1.55. The van der Waals surface area contributed by atoms with E-state index < -0.39 is 12.0 Å². The average molecular weight is 253 g/mol. The minimum absolute atomic E-state index is 0.0566. The maximum atomic E-state index is 12.3. The Balaban J connectivity index is 3.33. The zero-order valence-corrected chi connectivity index (χ0v) is 8.07. The summed E-state index contributed by atoms with van der Waals surface area (Å²) < 4.78 is 24.6. The van der Waals surface area contributed by atoms with Crippen molar-refractivity contribution < 1.29 is 8.78 Å². The molecule has 0 unspecified atom stereocenters. The topological polar surface area (TPSA) is 58.9 Å². The van der Waals surface area contributed by atoms with E-state index in [1.54, 1.807) is 0 Å². The molecule has 1 aromatic rings. The second-order valence-corrected chi connectivity index (χ2v) is 2.99. The van der Waals surface area contributed by atoms with Gasteiger partial charge in [-0.2, -0.15) is 0 Å². The average Bonchev–Trinajstić information content (AvgIpc) is 2.08. The SMILES string of the molecule is Nc1cc(CBr)c(C(F)F)[nH]c1=O. The van der Waals surface area contributed by atoms with Crippen molar-refractivity contribution in [2.75, 3.05) is 5.73 Å². The van der Waals surface area contributed by atoms with Crippen LogP contribution in [0.3, 0.4) is 0 Å². The minimum atomic E-state index is -2.69. The van der Waals surface area contributed by atoms with Crippen molar-refractivity contribution in [2.45, 2.75) is 11.8 Å². The molecule has 0 spiro atoms. The summed E-state index contributed by atoms with van der Waals surface area (Å²) in [6.07, 6.45) is -2.69. The first kappa shape index (κ1) is 10.2. The van der Waals surface area contributed by atoms with E-state index in [1.807, 2.05) is 4.98 Å². The van der Waals surface area contributed by atoms with Crippen LogP contribution < -0.4 is 11.3 Å². The van der Waals surface area contributed by atoms with Crippen LogP contribution in [0, 0.1) is 0 Å². The lowest BCUT2D eigenvalue weighted by Gasteiger charge is -2.06. The predicted octanol–water partition coefficient (Wildman–Crippen LogP) is 1.79. The standard InChI is InChI=1S/C7H7BrF2N2O/c8-2-3-1-4(11)7(13)12-5(3)6(9)10/h1,6H,2,11H2,(H,12,13). The number of nitrogens with two attached hydrogens (primary N) is 1. The second kappa shape index (κ2) is 3.87. The maximum Gasteiger partial charge on any atom is 0.278 e. The van der Waals surface area contributed by atoms with Crippen molar-refractivity contribution in [3.63, 3.8) is 0 Å². The number of halogens is 3. The Hall–Kier alpha value is -0.910. The highest BCUT2D eigenvalue weighted by Gasteiger charge is 2.14. The summed E-state index contributed by atoms with van der Waals surface area (Å²) in [4.78, 5) is 12.9. The molecule has 0 fully saturated rings. The van der Waals surface area contributed by atoms with Gasteiger partial charge in [0.15, 0.2) is 0 Å². The third kappa shape index (κ3) is 2.06. The molecule has 1 heterocycles. The van der Waals surface area contributed by atoms with Gasteiger partial charge in [-0.25, -0.2) is 8.78 Å². The lowest BCUT2D eigenvalue weighted by molar-refractivity contribution is 0.145. The molecule has 0 atom stereocenters. The van der Waals surface area contributed by atoms with Crippen molar-refractivity contribution in [3.8, 4) is 0 Å². The number of nitrogen functional groups attached to an aromatic ring is 1. The lowest BCUT2D eigenvalue weighted by Crippen LogP contribution is -2.15. The van der Waals surface area contributed by atoms with E-state index in [9.17, 15) is 13.6 Å². The molecule has 0 saturated carbocycles. The zero-order chi connectivity index (χ0) is 10.0. The number of hydrogen-bond acceptors (Lipinski definition) is 2. The predicted molar refractivity (Wildman–Crippen MR) is 49.1 cm³/mol. The van der Waals surface area contributed by atoms with Gasteiger partial charge >= 0.3 is 0 Å². The molecular formula is C7H7BrF2N2O. The molecule has 13 heavy (non-hydrogen) atoms. The Labute approximate surface area is 81.1 Å². The van der Waals surface area contributed by atoms with Gasteiger partial charge in [0, 0.05) is 5.33 Å². The number of hydrogen-bond donors (Lipinski definition) is 2. The highest BCUT2D eigenvalue weighted by atomic mass is 79.9. The van der Waals surface area contributed by atoms with Crippen LogP contribution in [0.15, 0.2) is 10.9 Å². The fourth-order valence-electron chi connectivity index (χ4n) is 0.911. The summed E-state index contributed by atoms with van der Waals surface area (Å²) in [6.45, 7) is 0. The fraction of sp³-hybridized carbons (Fsp3) is 0.286. The molecule has 0 aromatic carbocycles. The number of nitrogens with one attached hydrogen (secondary N) is 1. The zero-order valence-electron chi connectivity index (χ0n) is 6.48. The Kier molecular flexibility index (Phi) is 3.02. The summed E-state index contributed by atoms with van der Waals surface area (Å²) >= 11 is 3.02. The fourth-order valence-corrected chi connectivity index (χ4v) is 1.37. The highest BCUT2D eigenvalue weighted by Crippen LogP contribution is 2.22. The smallest absolute Gasteiger partial charge is 0.278 e. The highest BCUT2D eigenvalue weighted by molar-refractivity contribution is 9.08. The van der Waals surface area contributed by atoms with Crippen LogP contribution in [0.4, 0.5) is 14.5 Å². The van der Waals surface area contributed by atoms with Crippen LogP contribution in [-0.4, -0.2) is 4.98 Å². The van der Waals surface area contributed by atoms with E-state index in [2.05, 4.69) is 15.9 Å². The van der Waals surface area contributed by atoms with Crippen molar-refractivity contribution in [3.05, 3.63) is 27.7 Å². The summed E-state index contributed by atoms with van der Waals surface area (Å²) in [5.74, 6) is 0. The lowest BCUT2D eigenvalue weighted by atomic mass is 10.2. The number of H-pyrrole nitrogens is 1. The van der Waals surface area contributed by atoms with E-state index in [4.69, 9.17) is 5.73 Å². The molecule has 3 N–H and O–H groups in total. The molecule has 72 valence electrons. The molecule has 6 heteroatoms. The van der Waals surface area contributed by atoms with Gasteiger partial charge in [-0.05, 0) is 11.6 Å². The molecule has 1 aromatic heterocycles. The van der Waals surface area contributed by atoms with Crippen LogP contribution in [0.1, 0.15) is 17.7 Å². The van der Waals surface area contributed by atoms with E-state index in [0.29, 0.717) is 5.56 Å². The van der Waals surface area contributed by atoms with Crippen LogP contribution >= 0.6 is 15.9 Å². The van der Waals surface area contributed by atoms with Crippen LogP contribution in [-0.2, 0) is 5.33 Å². The molecule has 0 radical (unpaired) electrons. The number of aromatic nitrogens is 1. The third-order valence-corrected chi connectivity index (χ3v) is 2.15. The Bertz CT molecular complexity index is 364. The van der Waals surface area contributed by atoms with Gasteiger partial charge in [-0.1, -0.05) is 15.9 Å². The minimum Gasteiger partial charge on any atom is -0.394 e. The number of aromatic amines is 1. The van der Waals surface area contributed by atoms with Crippen molar-refractivity contribution in [1.82, 2.24) is 4.98 Å². The molecule has 0 aliphatic rings. The van der Waals surface area contributed by atoms with Crippen LogP contribution in [0.2, 0.25) is 0 Å². The van der Waals surface area contributed by atoms with Gasteiger partial charge < -0.3 is 10.7 Å². The van der Waals surface area contributed by atoms with Gasteiger partial charge in [0.25, 0.3) is 12.0 Å². The number of anilines is 1. The number of pyridine rings is 1. The first-order valence-corrected chi connectivity index (χ1v) is 4.54. The summed E-state index contributed by atoms with van der Waals surface area (Å²) in [5.41, 5.74) is 4.44. The van der Waals surface area contributed by atoms with Crippen LogP contribution in [0.5, 0.6) is 0 Å². The van der Waals surface area contributed by atoms with Crippen molar-refractivity contribution in [1.29, 1.82) is 0 Å².